The van der Waals surface area contributed by atoms with Gasteiger partial charge in [-0.1, -0.05) is 26.2 Å². The minimum atomic E-state index is 0.341. The number of hydrogen-bond donors (Lipinski definition) is 2. The Morgan fingerprint density at radius 3 is 2.55 bits per heavy atom. The van der Waals surface area contributed by atoms with Crippen LogP contribution in [0.25, 0.3) is 0 Å². The molecule has 3 nitrogen and oxygen atoms in total. The molecule has 1 aliphatic rings. The smallest absolute Gasteiger partial charge is 0.120 e. The van der Waals surface area contributed by atoms with Crippen molar-refractivity contribution in [3.8, 4) is 11.5 Å². The molecule has 0 radical (unpaired) electrons. The van der Waals surface area contributed by atoms with E-state index in [1.165, 1.54) is 32.1 Å². The Morgan fingerprint density at radius 1 is 1.20 bits per heavy atom. The Balaban J connectivity index is 1.76. The maximum absolute atomic E-state index is 9.84. The van der Waals surface area contributed by atoms with Crippen molar-refractivity contribution in [2.75, 3.05) is 13.7 Å². The van der Waals surface area contributed by atoms with Crippen molar-refractivity contribution in [2.24, 2.45) is 11.8 Å². The van der Waals surface area contributed by atoms with Gasteiger partial charge < -0.3 is 15.2 Å². The number of phenolic OH excluding ortho intramolecular Hbond substituents is 1. The van der Waals surface area contributed by atoms with Crippen molar-refractivity contribution in [3.63, 3.8) is 0 Å². The van der Waals surface area contributed by atoms with E-state index in [2.05, 4.69) is 12.2 Å². The molecule has 0 amide bonds. The highest BCUT2D eigenvalue weighted by Gasteiger charge is 2.19. The zero-order chi connectivity index (χ0) is 14.4. The molecule has 0 bridgehead atoms. The largest absolute Gasteiger partial charge is 0.508 e. The maximum Gasteiger partial charge on any atom is 0.120 e. The average molecular weight is 277 g/mol. The number of methoxy groups -OCH3 is 1. The van der Waals surface area contributed by atoms with Gasteiger partial charge in [0.15, 0.2) is 0 Å². The van der Waals surface area contributed by atoms with Crippen molar-refractivity contribution in [2.45, 2.75) is 45.6 Å². The van der Waals surface area contributed by atoms with E-state index >= 15 is 0 Å². The Bertz CT molecular complexity index is 411. The van der Waals surface area contributed by atoms with Crippen LogP contribution in [-0.4, -0.2) is 18.8 Å². The van der Waals surface area contributed by atoms with Gasteiger partial charge in [0.2, 0.25) is 0 Å². The minimum Gasteiger partial charge on any atom is -0.508 e. The summed E-state index contributed by atoms with van der Waals surface area (Å²) in [4.78, 5) is 0. The third kappa shape index (κ3) is 4.14. The molecule has 1 aromatic rings. The first-order chi connectivity index (χ1) is 9.72. The predicted molar refractivity (Wildman–Crippen MR) is 82.1 cm³/mol. The minimum absolute atomic E-state index is 0.341. The van der Waals surface area contributed by atoms with Gasteiger partial charge in [0.25, 0.3) is 0 Å². The normalized spacial score (nSPS) is 22.7. The number of rotatable bonds is 6. The van der Waals surface area contributed by atoms with E-state index in [0.717, 1.165) is 29.7 Å². The number of aromatic hydroxyl groups is 1. The van der Waals surface area contributed by atoms with Crippen LogP contribution in [0.5, 0.6) is 11.5 Å². The number of benzene rings is 1. The molecule has 0 aliphatic heterocycles. The Kier molecular flexibility index (Phi) is 5.72. The highest BCUT2D eigenvalue weighted by atomic mass is 16.5. The second-order valence-corrected chi connectivity index (χ2v) is 5.92. The quantitative estimate of drug-likeness (QED) is 0.833. The molecule has 1 saturated carbocycles. The number of nitrogens with one attached hydrogen (secondary N) is 1. The van der Waals surface area contributed by atoms with Gasteiger partial charge in [-0.05, 0) is 49.4 Å². The van der Waals surface area contributed by atoms with Crippen LogP contribution < -0.4 is 10.1 Å². The second kappa shape index (κ2) is 7.53. The summed E-state index contributed by atoms with van der Waals surface area (Å²) in [5.41, 5.74) is 0.909. The molecule has 0 atom stereocenters. The SMILES string of the molecule is CCC1CCC(CNCc2cc(OC)ccc2O)CC1. The summed E-state index contributed by atoms with van der Waals surface area (Å²) in [5.74, 6) is 2.88. The van der Waals surface area contributed by atoms with Crippen molar-refractivity contribution >= 4 is 0 Å². The lowest BCUT2D eigenvalue weighted by Gasteiger charge is -2.28. The summed E-state index contributed by atoms with van der Waals surface area (Å²) < 4.78 is 5.19. The average Bonchev–Trinajstić information content (AvgIpc) is 2.50. The molecule has 112 valence electrons. The molecule has 20 heavy (non-hydrogen) atoms. The fourth-order valence-electron chi connectivity index (χ4n) is 3.09. The molecule has 2 N–H and O–H groups in total. The van der Waals surface area contributed by atoms with Crippen molar-refractivity contribution in [1.82, 2.24) is 5.32 Å². The molecule has 1 fully saturated rings. The Labute approximate surface area is 122 Å². The molecule has 1 aromatic carbocycles. The van der Waals surface area contributed by atoms with Crippen LogP contribution in [0.1, 0.15) is 44.6 Å². The Morgan fingerprint density at radius 2 is 1.90 bits per heavy atom. The topological polar surface area (TPSA) is 41.5 Å². The first-order valence-corrected chi connectivity index (χ1v) is 7.79. The third-order valence-electron chi connectivity index (χ3n) is 4.58. The first-order valence-electron chi connectivity index (χ1n) is 7.79. The highest BCUT2D eigenvalue weighted by Crippen LogP contribution is 2.30. The fourth-order valence-corrected chi connectivity index (χ4v) is 3.09. The lowest BCUT2D eigenvalue weighted by atomic mass is 9.81. The Hall–Kier alpha value is -1.22. The van der Waals surface area contributed by atoms with Gasteiger partial charge in [-0.15, -0.1) is 0 Å². The molecule has 0 aromatic heterocycles. The van der Waals surface area contributed by atoms with Crippen LogP contribution in [0.2, 0.25) is 0 Å². The summed E-state index contributed by atoms with van der Waals surface area (Å²) in [7, 11) is 1.65. The number of phenols is 1. The van der Waals surface area contributed by atoms with Crippen molar-refractivity contribution in [1.29, 1.82) is 0 Å². The van der Waals surface area contributed by atoms with Crippen LogP contribution in [-0.2, 0) is 6.54 Å². The van der Waals surface area contributed by atoms with E-state index in [1.54, 1.807) is 19.2 Å². The van der Waals surface area contributed by atoms with Crippen LogP contribution in [0, 0.1) is 11.8 Å². The molecule has 0 saturated heterocycles. The lowest BCUT2D eigenvalue weighted by Crippen LogP contribution is -2.26. The summed E-state index contributed by atoms with van der Waals surface area (Å²) >= 11 is 0. The predicted octanol–water partition coefficient (Wildman–Crippen LogP) is 3.71. The van der Waals surface area contributed by atoms with E-state index in [0.29, 0.717) is 12.3 Å². The van der Waals surface area contributed by atoms with Crippen LogP contribution in [0.15, 0.2) is 18.2 Å². The van der Waals surface area contributed by atoms with E-state index < -0.39 is 0 Å². The number of ether oxygens (including phenoxy) is 1. The first kappa shape index (κ1) is 15.2. The highest BCUT2D eigenvalue weighted by molar-refractivity contribution is 5.39. The van der Waals surface area contributed by atoms with E-state index in [4.69, 9.17) is 4.74 Å². The molecular weight excluding hydrogens is 250 g/mol. The second-order valence-electron chi connectivity index (χ2n) is 5.92. The summed E-state index contributed by atoms with van der Waals surface area (Å²) in [5, 5.41) is 13.3. The van der Waals surface area contributed by atoms with E-state index in [-0.39, 0.29) is 0 Å². The maximum atomic E-state index is 9.84. The third-order valence-corrected chi connectivity index (χ3v) is 4.58. The van der Waals surface area contributed by atoms with Gasteiger partial charge in [-0.25, -0.2) is 0 Å². The molecule has 3 heteroatoms. The van der Waals surface area contributed by atoms with Crippen LogP contribution in [0.3, 0.4) is 0 Å². The summed E-state index contributed by atoms with van der Waals surface area (Å²) in [6, 6.07) is 5.38. The number of hydrogen-bond acceptors (Lipinski definition) is 3. The molecule has 0 unspecified atom stereocenters. The van der Waals surface area contributed by atoms with Crippen molar-refractivity contribution < 1.29 is 9.84 Å². The van der Waals surface area contributed by atoms with E-state index in [1.807, 2.05) is 6.07 Å². The molecule has 0 spiro atoms. The van der Waals surface area contributed by atoms with Crippen LogP contribution >= 0.6 is 0 Å². The van der Waals surface area contributed by atoms with Crippen molar-refractivity contribution in [3.05, 3.63) is 23.8 Å². The molecule has 0 heterocycles. The van der Waals surface area contributed by atoms with Gasteiger partial charge in [0.05, 0.1) is 7.11 Å². The zero-order valence-corrected chi connectivity index (χ0v) is 12.7. The van der Waals surface area contributed by atoms with Gasteiger partial charge in [0, 0.05) is 12.1 Å². The molecular formula is C17H27NO2. The molecule has 1 aliphatic carbocycles. The van der Waals surface area contributed by atoms with Gasteiger partial charge in [-0.2, -0.15) is 0 Å². The summed E-state index contributed by atoms with van der Waals surface area (Å²) in [6.07, 6.45) is 6.78. The van der Waals surface area contributed by atoms with Gasteiger partial charge in [-0.3, -0.25) is 0 Å². The summed E-state index contributed by atoms with van der Waals surface area (Å²) in [6.45, 7) is 4.05. The lowest BCUT2D eigenvalue weighted by molar-refractivity contribution is 0.262. The van der Waals surface area contributed by atoms with Gasteiger partial charge in [0.1, 0.15) is 11.5 Å². The standard InChI is InChI=1S/C17H27NO2/c1-3-13-4-6-14(7-5-13)11-18-12-15-10-16(20-2)8-9-17(15)19/h8-10,13-14,18-19H,3-7,11-12H2,1-2H3. The molecule has 2 rings (SSSR count). The van der Waals surface area contributed by atoms with Crippen LogP contribution in [0.4, 0.5) is 0 Å². The monoisotopic (exact) mass is 277 g/mol. The fraction of sp³-hybridized carbons (Fsp3) is 0.647. The van der Waals surface area contributed by atoms with E-state index in [9.17, 15) is 5.11 Å². The van der Waals surface area contributed by atoms with Gasteiger partial charge >= 0.3 is 0 Å². The zero-order valence-electron chi connectivity index (χ0n) is 12.7.